The monoisotopic (exact) mass is 277 g/mol. The second-order valence-electron chi connectivity index (χ2n) is 5.71. The Labute approximate surface area is 120 Å². The summed E-state index contributed by atoms with van der Waals surface area (Å²) in [5.74, 6) is 0.999. The zero-order valence-corrected chi connectivity index (χ0v) is 12.0. The van der Waals surface area contributed by atoms with E-state index in [1.807, 2.05) is 12.3 Å². The van der Waals surface area contributed by atoms with Crippen LogP contribution in [0.4, 0.5) is 11.5 Å². The number of ether oxygens (including phenoxy) is 1. The Morgan fingerprint density at radius 3 is 2.85 bits per heavy atom. The first-order valence-corrected chi connectivity index (χ1v) is 7.50. The predicted octanol–water partition coefficient (Wildman–Crippen LogP) is 1.63. The summed E-state index contributed by atoms with van der Waals surface area (Å²) in [6.45, 7) is 4.66. The molecule has 0 radical (unpaired) electrons. The van der Waals surface area contributed by atoms with E-state index >= 15 is 0 Å². The van der Waals surface area contributed by atoms with Gasteiger partial charge in [-0.25, -0.2) is 4.98 Å². The zero-order valence-electron chi connectivity index (χ0n) is 12.0. The number of aliphatic hydroxyl groups is 1. The van der Waals surface area contributed by atoms with E-state index in [1.165, 1.54) is 0 Å². The fourth-order valence-electron chi connectivity index (χ4n) is 2.96. The average Bonchev–Trinajstić information content (AvgIpc) is 2.86. The highest BCUT2D eigenvalue weighted by Crippen LogP contribution is 2.28. The summed E-state index contributed by atoms with van der Waals surface area (Å²) < 4.78 is 5.61. The van der Waals surface area contributed by atoms with Crippen LogP contribution in [0.2, 0.25) is 0 Å². The molecular weight excluding hydrogens is 254 g/mol. The lowest BCUT2D eigenvalue weighted by Crippen LogP contribution is -2.37. The molecule has 0 bridgehead atoms. The molecule has 0 unspecified atom stereocenters. The first-order valence-electron chi connectivity index (χ1n) is 7.50. The summed E-state index contributed by atoms with van der Waals surface area (Å²) >= 11 is 0. The van der Waals surface area contributed by atoms with Crippen LogP contribution in [0.15, 0.2) is 18.3 Å². The molecule has 0 aliphatic carbocycles. The van der Waals surface area contributed by atoms with Crippen molar-refractivity contribution in [1.29, 1.82) is 0 Å². The van der Waals surface area contributed by atoms with Crippen molar-refractivity contribution in [2.45, 2.75) is 44.4 Å². The van der Waals surface area contributed by atoms with Crippen LogP contribution < -0.4 is 10.2 Å². The smallest absolute Gasteiger partial charge is 0.151 e. The van der Waals surface area contributed by atoms with Crippen LogP contribution in [0, 0.1) is 0 Å². The van der Waals surface area contributed by atoms with Gasteiger partial charge in [-0.15, -0.1) is 0 Å². The van der Waals surface area contributed by atoms with E-state index in [9.17, 15) is 5.11 Å². The summed E-state index contributed by atoms with van der Waals surface area (Å²) in [7, 11) is 0. The van der Waals surface area contributed by atoms with Crippen molar-refractivity contribution in [3.8, 4) is 0 Å². The first kappa shape index (κ1) is 13.6. The molecule has 2 atom stereocenters. The Hall–Kier alpha value is -1.33. The van der Waals surface area contributed by atoms with E-state index in [0.29, 0.717) is 6.04 Å². The van der Waals surface area contributed by atoms with Gasteiger partial charge in [-0.05, 0) is 38.3 Å². The van der Waals surface area contributed by atoms with E-state index in [0.717, 1.165) is 50.5 Å². The van der Waals surface area contributed by atoms with Gasteiger partial charge in [-0.1, -0.05) is 0 Å². The fraction of sp³-hybridized carbons (Fsp3) is 0.667. The molecule has 3 heterocycles. The van der Waals surface area contributed by atoms with Crippen LogP contribution in [-0.4, -0.2) is 48.0 Å². The van der Waals surface area contributed by atoms with Crippen molar-refractivity contribution in [3.05, 3.63) is 18.3 Å². The zero-order chi connectivity index (χ0) is 13.9. The number of aliphatic hydroxyl groups excluding tert-OH is 1. The number of aromatic nitrogens is 1. The first-order chi connectivity index (χ1) is 9.74. The molecular formula is C15H23N3O2. The molecule has 5 nitrogen and oxygen atoms in total. The van der Waals surface area contributed by atoms with Crippen molar-refractivity contribution >= 4 is 11.5 Å². The normalized spacial score (nSPS) is 27.8. The highest BCUT2D eigenvalue weighted by molar-refractivity contribution is 5.66. The lowest BCUT2D eigenvalue weighted by molar-refractivity contribution is 0.121. The highest BCUT2D eigenvalue weighted by Gasteiger charge is 2.26. The molecule has 110 valence electrons. The summed E-state index contributed by atoms with van der Waals surface area (Å²) in [6, 6.07) is 4.40. The van der Waals surface area contributed by atoms with Crippen LogP contribution in [-0.2, 0) is 4.74 Å². The van der Waals surface area contributed by atoms with Gasteiger partial charge in [-0.3, -0.25) is 0 Å². The van der Waals surface area contributed by atoms with E-state index in [4.69, 9.17) is 4.74 Å². The maximum atomic E-state index is 9.63. The van der Waals surface area contributed by atoms with Gasteiger partial charge >= 0.3 is 0 Å². The van der Waals surface area contributed by atoms with Crippen LogP contribution in [0.1, 0.15) is 26.2 Å². The largest absolute Gasteiger partial charge is 0.393 e. The van der Waals surface area contributed by atoms with Crippen molar-refractivity contribution in [3.63, 3.8) is 0 Å². The van der Waals surface area contributed by atoms with Crippen molar-refractivity contribution < 1.29 is 9.84 Å². The van der Waals surface area contributed by atoms with Crippen molar-refractivity contribution in [2.24, 2.45) is 0 Å². The molecule has 0 amide bonds. The minimum Gasteiger partial charge on any atom is -0.393 e. The molecule has 0 aromatic carbocycles. The lowest BCUT2D eigenvalue weighted by atomic mass is 10.1. The van der Waals surface area contributed by atoms with Crippen molar-refractivity contribution in [2.75, 3.05) is 29.9 Å². The maximum Gasteiger partial charge on any atom is 0.151 e. The van der Waals surface area contributed by atoms with Gasteiger partial charge in [0.2, 0.25) is 0 Å². The number of nitrogens with one attached hydrogen (secondary N) is 1. The lowest BCUT2D eigenvalue weighted by Gasteiger charge is -2.32. The van der Waals surface area contributed by atoms with Crippen molar-refractivity contribution in [1.82, 2.24) is 4.98 Å². The van der Waals surface area contributed by atoms with E-state index in [1.54, 1.807) is 0 Å². The molecule has 0 saturated carbocycles. The number of hydrogen-bond donors (Lipinski definition) is 2. The van der Waals surface area contributed by atoms with Crippen LogP contribution in [0.3, 0.4) is 0 Å². The highest BCUT2D eigenvalue weighted by atomic mass is 16.5. The van der Waals surface area contributed by atoms with Crippen LogP contribution in [0.5, 0.6) is 0 Å². The minimum absolute atomic E-state index is 0.158. The summed E-state index contributed by atoms with van der Waals surface area (Å²) in [4.78, 5) is 6.79. The van der Waals surface area contributed by atoms with E-state index in [-0.39, 0.29) is 12.2 Å². The second-order valence-corrected chi connectivity index (χ2v) is 5.71. The third kappa shape index (κ3) is 2.88. The van der Waals surface area contributed by atoms with E-state index < -0.39 is 0 Å². The fourth-order valence-corrected chi connectivity index (χ4v) is 2.96. The second kappa shape index (κ2) is 5.97. The summed E-state index contributed by atoms with van der Waals surface area (Å²) in [6.07, 6.45) is 4.59. The Kier molecular flexibility index (Phi) is 4.08. The summed E-state index contributed by atoms with van der Waals surface area (Å²) in [5.41, 5.74) is 1.08. The number of hydrogen-bond acceptors (Lipinski definition) is 5. The molecule has 1 aromatic heterocycles. The molecule has 3 rings (SSSR count). The quantitative estimate of drug-likeness (QED) is 0.879. The van der Waals surface area contributed by atoms with Gasteiger partial charge in [0, 0.05) is 25.9 Å². The van der Waals surface area contributed by atoms with Gasteiger partial charge in [0.15, 0.2) is 5.82 Å². The van der Waals surface area contributed by atoms with Gasteiger partial charge in [0.1, 0.15) is 0 Å². The molecule has 2 saturated heterocycles. The maximum absolute atomic E-state index is 9.63. The number of rotatable bonds is 3. The molecule has 20 heavy (non-hydrogen) atoms. The predicted molar refractivity (Wildman–Crippen MR) is 79.1 cm³/mol. The molecule has 5 heteroatoms. The molecule has 2 N–H and O–H groups in total. The van der Waals surface area contributed by atoms with Crippen LogP contribution >= 0.6 is 0 Å². The van der Waals surface area contributed by atoms with Gasteiger partial charge in [0.05, 0.1) is 23.9 Å². The minimum atomic E-state index is -0.158. The van der Waals surface area contributed by atoms with Gasteiger partial charge in [0.25, 0.3) is 0 Å². The third-order valence-electron chi connectivity index (χ3n) is 4.27. The van der Waals surface area contributed by atoms with Crippen LogP contribution in [0.25, 0.3) is 0 Å². The molecule has 2 aliphatic rings. The third-order valence-corrected chi connectivity index (χ3v) is 4.27. The Morgan fingerprint density at radius 2 is 2.15 bits per heavy atom. The summed E-state index contributed by atoms with van der Waals surface area (Å²) in [5, 5.41) is 13.2. The SMILES string of the molecule is C[C@H]1OCC[C@@H]1Nc1cccnc1N1CCC(O)CC1. The Bertz CT molecular complexity index is 446. The average molecular weight is 277 g/mol. The number of anilines is 2. The van der Waals surface area contributed by atoms with Gasteiger partial charge < -0.3 is 20.1 Å². The standard InChI is InChI=1S/C15H23N3O2/c1-11-13(6-10-20-11)17-14-3-2-7-16-15(14)18-8-4-12(19)5-9-18/h2-3,7,11-13,17,19H,4-6,8-10H2,1H3/t11-,13+/m1/s1. The number of piperidine rings is 1. The number of pyridine rings is 1. The molecule has 2 aliphatic heterocycles. The molecule has 0 spiro atoms. The molecule has 2 fully saturated rings. The van der Waals surface area contributed by atoms with E-state index in [2.05, 4.69) is 28.2 Å². The molecule has 1 aromatic rings. The Morgan fingerprint density at radius 1 is 1.35 bits per heavy atom. The van der Waals surface area contributed by atoms with Gasteiger partial charge in [-0.2, -0.15) is 0 Å². The Balaban J connectivity index is 1.74. The number of nitrogens with zero attached hydrogens (tertiary/aromatic N) is 2. The topological polar surface area (TPSA) is 57.6 Å².